The van der Waals surface area contributed by atoms with Crippen molar-refractivity contribution in [3.63, 3.8) is 0 Å². The number of hydrogen-bond acceptors (Lipinski definition) is 4. The summed E-state index contributed by atoms with van der Waals surface area (Å²) >= 11 is 0. The predicted octanol–water partition coefficient (Wildman–Crippen LogP) is 2.88. The Morgan fingerprint density at radius 1 is 1.21 bits per heavy atom. The molecule has 1 N–H and O–H groups in total. The van der Waals surface area contributed by atoms with Gasteiger partial charge < -0.3 is 4.57 Å². The third kappa shape index (κ3) is 2.54. The first-order chi connectivity index (χ1) is 11.5. The zero-order valence-corrected chi connectivity index (χ0v) is 14.2. The maximum absolute atomic E-state index is 12.7. The molecule has 1 aliphatic rings. The molecule has 0 saturated heterocycles. The van der Waals surface area contributed by atoms with Crippen LogP contribution in [0.1, 0.15) is 24.2 Å². The van der Waals surface area contributed by atoms with Crippen LogP contribution >= 0.6 is 0 Å². The first-order valence-electron chi connectivity index (χ1n) is 7.98. The summed E-state index contributed by atoms with van der Waals surface area (Å²) < 4.78 is 30.1. The highest BCUT2D eigenvalue weighted by Crippen LogP contribution is 2.27. The van der Waals surface area contributed by atoms with Gasteiger partial charge >= 0.3 is 0 Å². The average Bonchev–Trinajstić information content (AvgIpc) is 3.03. The molecule has 1 aliphatic heterocycles. The van der Waals surface area contributed by atoms with Gasteiger partial charge in [-0.3, -0.25) is 9.71 Å². The van der Waals surface area contributed by atoms with Crippen LogP contribution in [-0.2, 0) is 23.0 Å². The Bertz CT molecular complexity index is 1000. The van der Waals surface area contributed by atoms with Gasteiger partial charge in [0.2, 0.25) is 0 Å². The fourth-order valence-electron chi connectivity index (χ4n) is 3.12. The van der Waals surface area contributed by atoms with Gasteiger partial charge in [-0.2, -0.15) is 8.42 Å². The van der Waals surface area contributed by atoms with E-state index >= 15 is 0 Å². The third-order valence-corrected chi connectivity index (χ3v) is 5.61. The summed E-state index contributed by atoms with van der Waals surface area (Å²) in [5.74, 6) is 0.844. The van der Waals surface area contributed by atoms with Crippen molar-refractivity contribution >= 4 is 26.6 Å². The highest BCUT2D eigenvalue weighted by atomic mass is 32.2. The van der Waals surface area contributed by atoms with E-state index in [0.717, 1.165) is 48.1 Å². The maximum Gasteiger partial charge on any atom is 0.280 e. The SMILES string of the molecule is Cc1ccc(NS(=O)(=O)c2cn3c(n2)CCCC3)c2cccnc12. The Kier molecular flexibility index (Phi) is 3.53. The normalized spacial score (nSPS) is 14.5. The Morgan fingerprint density at radius 2 is 2.08 bits per heavy atom. The molecule has 3 heterocycles. The van der Waals surface area contributed by atoms with Crippen LogP contribution in [0.5, 0.6) is 0 Å². The van der Waals surface area contributed by atoms with E-state index in [1.807, 2.05) is 23.6 Å². The van der Waals surface area contributed by atoms with E-state index in [0.29, 0.717) is 5.69 Å². The largest absolute Gasteiger partial charge is 0.333 e. The highest BCUT2D eigenvalue weighted by molar-refractivity contribution is 7.92. The van der Waals surface area contributed by atoms with Gasteiger partial charge in [0, 0.05) is 30.7 Å². The van der Waals surface area contributed by atoms with Gasteiger partial charge in [0.15, 0.2) is 5.03 Å². The highest BCUT2D eigenvalue weighted by Gasteiger charge is 2.22. The first-order valence-corrected chi connectivity index (χ1v) is 9.46. The van der Waals surface area contributed by atoms with E-state index in [9.17, 15) is 8.42 Å². The number of hydrogen-bond donors (Lipinski definition) is 1. The lowest BCUT2D eigenvalue weighted by Crippen LogP contribution is -2.14. The molecule has 3 aromatic rings. The molecule has 0 unspecified atom stereocenters. The molecule has 124 valence electrons. The zero-order chi connectivity index (χ0) is 16.7. The molecule has 0 bridgehead atoms. The first kappa shape index (κ1) is 15.1. The number of aryl methyl sites for hydroxylation is 3. The molecule has 6 nitrogen and oxygen atoms in total. The van der Waals surface area contributed by atoms with E-state index in [1.165, 1.54) is 0 Å². The Hall–Kier alpha value is -2.41. The molecule has 0 radical (unpaired) electrons. The number of anilines is 1. The van der Waals surface area contributed by atoms with Crippen molar-refractivity contribution in [1.82, 2.24) is 14.5 Å². The molecule has 0 saturated carbocycles. The quantitative estimate of drug-likeness (QED) is 0.794. The van der Waals surface area contributed by atoms with Crippen LogP contribution in [0.3, 0.4) is 0 Å². The minimum Gasteiger partial charge on any atom is -0.333 e. The number of rotatable bonds is 3. The van der Waals surface area contributed by atoms with Crippen LogP contribution in [-0.4, -0.2) is 23.0 Å². The number of nitrogens with one attached hydrogen (secondary N) is 1. The molecular weight excluding hydrogens is 324 g/mol. The number of fused-ring (bicyclic) bond motifs is 2. The molecule has 0 spiro atoms. The van der Waals surface area contributed by atoms with E-state index in [4.69, 9.17) is 0 Å². The molecular formula is C17H18N4O2S. The van der Waals surface area contributed by atoms with Gasteiger partial charge in [0.1, 0.15) is 5.82 Å². The Balaban J connectivity index is 1.75. The molecule has 0 fully saturated rings. The fourth-order valence-corrected chi connectivity index (χ4v) is 4.18. The van der Waals surface area contributed by atoms with E-state index < -0.39 is 10.0 Å². The standard InChI is InChI=1S/C17H18N4O2S/c1-12-7-8-14(13-5-4-9-18-17(12)13)20-24(22,23)16-11-21-10-3-2-6-15(21)19-16/h4-5,7-9,11,20H,2-3,6,10H2,1H3. The summed E-state index contributed by atoms with van der Waals surface area (Å²) in [6.45, 7) is 2.78. The van der Waals surface area contributed by atoms with Crippen molar-refractivity contribution in [2.45, 2.75) is 37.8 Å². The minimum absolute atomic E-state index is 0.0806. The van der Waals surface area contributed by atoms with Crippen molar-refractivity contribution in [2.75, 3.05) is 4.72 Å². The van der Waals surface area contributed by atoms with Gasteiger partial charge in [-0.15, -0.1) is 0 Å². The number of aromatic nitrogens is 3. The number of benzene rings is 1. The van der Waals surface area contributed by atoms with Crippen molar-refractivity contribution in [3.05, 3.63) is 48.0 Å². The van der Waals surface area contributed by atoms with E-state index in [1.54, 1.807) is 24.5 Å². The van der Waals surface area contributed by atoms with Crippen molar-refractivity contribution in [2.24, 2.45) is 0 Å². The van der Waals surface area contributed by atoms with Crippen LogP contribution in [0.4, 0.5) is 5.69 Å². The summed E-state index contributed by atoms with van der Waals surface area (Å²) in [5, 5.41) is 0.863. The molecule has 0 aliphatic carbocycles. The monoisotopic (exact) mass is 342 g/mol. The van der Waals surface area contributed by atoms with Crippen LogP contribution in [0.25, 0.3) is 10.9 Å². The van der Waals surface area contributed by atoms with Gasteiger partial charge in [-0.1, -0.05) is 6.07 Å². The topological polar surface area (TPSA) is 76.9 Å². The van der Waals surface area contributed by atoms with E-state index in [-0.39, 0.29) is 5.03 Å². The maximum atomic E-state index is 12.7. The zero-order valence-electron chi connectivity index (χ0n) is 13.4. The lowest BCUT2D eigenvalue weighted by atomic mass is 10.1. The lowest BCUT2D eigenvalue weighted by molar-refractivity contribution is 0.522. The smallest absolute Gasteiger partial charge is 0.280 e. The van der Waals surface area contributed by atoms with Crippen LogP contribution in [0, 0.1) is 6.92 Å². The summed E-state index contributed by atoms with van der Waals surface area (Å²) in [6.07, 6.45) is 6.28. The molecule has 0 amide bonds. The molecule has 4 rings (SSSR count). The van der Waals surface area contributed by atoms with Gasteiger partial charge in [0.25, 0.3) is 10.0 Å². The number of sulfonamides is 1. The molecule has 0 atom stereocenters. The lowest BCUT2D eigenvalue weighted by Gasteiger charge is -2.11. The van der Waals surface area contributed by atoms with Gasteiger partial charge in [0.05, 0.1) is 11.2 Å². The van der Waals surface area contributed by atoms with Crippen molar-refractivity contribution in [3.8, 4) is 0 Å². The second kappa shape index (κ2) is 5.59. The van der Waals surface area contributed by atoms with Crippen molar-refractivity contribution in [1.29, 1.82) is 0 Å². The summed E-state index contributed by atoms with van der Waals surface area (Å²) in [4.78, 5) is 8.66. The summed E-state index contributed by atoms with van der Waals surface area (Å²) in [7, 11) is -3.72. The minimum atomic E-state index is -3.72. The second-order valence-corrected chi connectivity index (χ2v) is 7.71. The number of imidazole rings is 1. The predicted molar refractivity (Wildman–Crippen MR) is 92.5 cm³/mol. The fraction of sp³-hybridized carbons (Fsp3) is 0.294. The van der Waals surface area contributed by atoms with Gasteiger partial charge in [-0.05, 0) is 43.5 Å². The molecule has 7 heteroatoms. The number of nitrogens with zero attached hydrogens (tertiary/aromatic N) is 3. The Morgan fingerprint density at radius 3 is 2.92 bits per heavy atom. The Labute approximate surface area is 140 Å². The van der Waals surface area contributed by atoms with Crippen LogP contribution < -0.4 is 4.72 Å². The third-order valence-electron chi connectivity index (χ3n) is 4.38. The molecule has 2 aromatic heterocycles. The number of pyridine rings is 1. The second-order valence-electron chi connectivity index (χ2n) is 6.08. The summed E-state index contributed by atoms with van der Waals surface area (Å²) in [5.41, 5.74) is 2.32. The molecule has 24 heavy (non-hydrogen) atoms. The average molecular weight is 342 g/mol. The van der Waals surface area contributed by atoms with E-state index in [2.05, 4.69) is 14.7 Å². The molecule has 1 aromatic carbocycles. The van der Waals surface area contributed by atoms with Crippen LogP contribution in [0.15, 0.2) is 41.7 Å². The van der Waals surface area contributed by atoms with Crippen LogP contribution in [0.2, 0.25) is 0 Å². The van der Waals surface area contributed by atoms with Crippen molar-refractivity contribution < 1.29 is 8.42 Å². The summed E-state index contributed by atoms with van der Waals surface area (Å²) in [6, 6.07) is 7.30. The van der Waals surface area contributed by atoms with Gasteiger partial charge in [-0.25, -0.2) is 4.98 Å².